The summed E-state index contributed by atoms with van der Waals surface area (Å²) in [6.45, 7) is 42.9. The number of hydrogen-bond acceptors (Lipinski definition) is 10. The molecule has 0 amide bonds. The predicted octanol–water partition coefficient (Wildman–Crippen LogP) is 21.8. The van der Waals surface area contributed by atoms with Crippen LogP contribution < -0.4 is 0 Å². The highest BCUT2D eigenvalue weighted by molar-refractivity contribution is 5.73. The molecule has 12 aliphatic carbocycles. The van der Waals surface area contributed by atoms with Gasteiger partial charge in [-0.3, -0.25) is 29.1 Å². The van der Waals surface area contributed by atoms with Crippen LogP contribution in [0.15, 0.2) is 34.9 Å². The van der Waals surface area contributed by atoms with Gasteiger partial charge in [-0.05, 0) is 274 Å². The SMILES string of the molecule is CC(C)CCC[C@@H](C)[C@H]1CC[C@H]2[C@@H]3CC=C4C[C@@H](OC(=O)CN5CCOCCN(CC(=O)O[C@H]6CC[C@@]7(C)C(=CC[C@H]8[C@@H]9CC[C@H]([C@H](C)CCCC(C)C)[C@@]9(C)CC[C@@H]87)C6)CCN(CC(=O)O[C@H]6CC[C@@]7(C)C(=CC[C@H]8[C@@H]9CC[C@H]([C@H](C)CCCC(C)C)[C@@]9(C)CC[C@@H]87)C6)CC5)CC[C@]4(C)[C@H]3CC[C@]12C. The Morgan fingerprint density at radius 2 is 0.657 bits per heavy atom. The van der Waals surface area contributed by atoms with Crippen LogP contribution in [0.2, 0.25) is 0 Å². The van der Waals surface area contributed by atoms with E-state index in [0.717, 1.165) is 164 Å². The van der Waals surface area contributed by atoms with E-state index in [1.165, 1.54) is 154 Å². The number of rotatable bonds is 24. The first-order valence-electron chi connectivity index (χ1n) is 45.5. The molecular weight excluding hydrogens is 1300 g/mol. The van der Waals surface area contributed by atoms with E-state index < -0.39 is 0 Å². The van der Waals surface area contributed by atoms with E-state index in [1.807, 2.05) is 0 Å². The molecule has 0 N–H and O–H groups in total. The predicted molar refractivity (Wildman–Crippen MR) is 429 cm³/mol. The summed E-state index contributed by atoms with van der Waals surface area (Å²) in [7, 11) is 0. The monoisotopic (exact) mass is 1450 g/mol. The van der Waals surface area contributed by atoms with Gasteiger partial charge >= 0.3 is 17.9 Å². The normalized spacial score (nSPS) is 41.9. The number of esters is 3. The zero-order valence-electron chi connectivity index (χ0n) is 70.2. The number of fused-ring (bicyclic) bond motifs is 15. The molecule has 1 aliphatic heterocycles. The van der Waals surface area contributed by atoms with Crippen LogP contribution in [0, 0.1) is 139 Å². The van der Waals surface area contributed by atoms with Crippen molar-refractivity contribution < 1.29 is 33.3 Å². The van der Waals surface area contributed by atoms with Crippen molar-refractivity contribution in [1.82, 2.24) is 14.7 Å². The molecule has 9 saturated carbocycles. The van der Waals surface area contributed by atoms with Gasteiger partial charge in [-0.1, -0.05) is 197 Å². The van der Waals surface area contributed by atoms with Crippen molar-refractivity contribution in [3.63, 3.8) is 0 Å². The van der Waals surface area contributed by atoms with E-state index in [4.69, 9.17) is 18.9 Å². The lowest BCUT2D eigenvalue weighted by Crippen LogP contribution is -2.51. The summed E-state index contributed by atoms with van der Waals surface area (Å²) in [5, 5.41) is 0. The van der Waals surface area contributed by atoms with E-state index in [2.05, 4.69) is 137 Å². The van der Waals surface area contributed by atoms with Crippen molar-refractivity contribution in [2.45, 2.75) is 334 Å². The van der Waals surface area contributed by atoms with Gasteiger partial charge in [0.2, 0.25) is 0 Å². The Bertz CT molecular complexity index is 2910. The zero-order valence-corrected chi connectivity index (χ0v) is 70.2. The summed E-state index contributed by atoms with van der Waals surface area (Å²) in [5.74, 6) is 13.9. The first-order chi connectivity index (χ1) is 50.1. The summed E-state index contributed by atoms with van der Waals surface area (Å²) in [4.78, 5) is 50.0. The minimum absolute atomic E-state index is 0.0975. The average Bonchev–Trinajstić information content (AvgIpc) is 1.69. The molecule has 13 aliphatic rings. The van der Waals surface area contributed by atoms with Gasteiger partial charge in [0.25, 0.3) is 0 Å². The summed E-state index contributed by atoms with van der Waals surface area (Å²) in [6.07, 6.45) is 48.8. The van der Waals surface area contributed by atoms with Crippen molar-refractivity contribution in [3.05, 3.63) is 34.9 Å². The molecule has 0 unspecified atom stereocenters. The number of ether oxygens (including phenoxy) is 4. The Morgan fingerprint density at radius 1 is 0.371 bits per heavy atom. The molecular formula is C95H157N3O7. The minimum Gasteiger partial charge on any atom is -0.461 e. The van der Waals surface area contributed by atoms with Crippen molar-refractivity contribution in [2.24, 2.45) is 139 Å². The van der Waals surface area contributed by atoms with E-state index in [0.29, 0.717) is 68.7 Å². The second-order valence-corrected chi connectivity index (χ2v) is 42.4. The van der Waals surface area contributed by atoms with Crippen LogP contribution in [0.5, 0.6) is 0 Å². The Hall–Kier alpha value is -2.53. The molecule has 13 rings (SSSR count). The first-order valence-corrected chi connectivity index (χ1v) is 45.5. The van der Waals surface area contributed by atoms with Crippen molar-refractivity contribution in [1.29, 1.82) is 0 Å². The molecule has 24 atom stereocenters. The largest absolute Gasteiger partial charge is 0.461 e. The van der Waals surface area contributed by atoms with Crippen molar-refractivity contribution in [2.75, 3.05) is 72.1 Å². The van der Waals surface area contributed by atoms with Gasteiger partial charge in [0.15, 0.2) is 0 Å². The fourth-order valence-electron chi connectivity index (χ4n) is 29.3. The van der Waals surface area contributed by atoms with Gasteiger partial charge in [-0.2, -0.15) is 0 Å². The molecule has 105 heavy (non-hydrogen) atoms. The maximum absolute atomic E-state index is 14.6. The van der Waals surface area contributed by atoms with E-state index in [1.54, 1.807) is 16.7 Å². The first kappa shape index (κ1) is 80.5. The fourth-order valence-corrected chi connectivity index (χ4v) is 29.3. The van der Waals surface area contributed by atoms with Gasteiger partial charge < -0.3 is 18.9 Å². The third-order valence-corrected chi connectivity index (χ3v) is 35.3. The van der Waals surface area contributed by atoms with Gasteiger partial charge in [0, 0.05) is 58.5 Å². The Kier molecular flexibility index (Phi) is 25.8. The standard InChI is InChI=1S/C95H157N3O7/c1-63(2)19-16-22-66(7)78-31-34-81-75-28-25-69-57-72(37-43-90(69,10)84(75)40-46-93(78,81)13)103-87(99)60-96-49-51-97(61-88(100)104-73-38-44-91(11)70(58-73)26-29-76-82-35-32-79(67(8)23-17-20-64(3)4)94(82,14)47-41-85(76)91)53-55-102-56-54-98(52-50-96)62-89(101)105-74-39-45-92(12)71(59-74)27-30-77-83-36-33-80(68(9)24-18-21-65(5)6)95(83,15)48-42-86(77)92/h25-27,63-68,72-86H,16-24,28-62H2,1-15H3/t66-,67-,68-,72+,73+,74+,75+,76+,77+,78-,79-,80-,81+,82+,83+,84+,85+,86+,90+,91+,92+,93-,94-,95-/m1/s1. The Balaban J connectivity index is 0.631. The van der Waals surface area contributed by atoms with Crippen LogP contribution in [0.4, 0.5) is 0 Å². The van der Waals surface area contributed by atoms with E-state index in [9.17, 15) is 14.4 Å². The molecule has 0 aromatic rings. The quantitative estimate of drug-likeness (QED) is 0.0528. The second kappa shape index (κ2) is 33.6. The lowest BCUT2D eigenvalue weighted by atomic mass is 9.47. The molecule has 1 saturated heterocycles. The molecule has 0 aromatic carbocycles. The summed E-state index contributed by atoms with van der Waals surface area (Å²) < 4.78 is 26.2. The van der Waals surface area contributed by atoms with Crippen LogP contribution in [-0.4, -0.2) is 123 Å². The van der Waals surface area contributed by atoms with Gasteiger partial charge in [0.05, 0.1) is 32.8 Å². The minimum atomic E-state index is -0.160. The smallest absolute Gasteiger partial charge is 0.320 e. The highest BCUT2D eigenvalue weighted by atomic mass is 16.6. The van der Waals surface area contributed by atoms with Gasteiger partial charge in [-0.15, -0.1) is 0 Å². The molecule has 10 heteroatoms. The molecule has 0 bridgehead atoms. The van der Waals surface area contributed by atoms with Crippen LogP contribution in [0.25, 0.3) is 0 Å². The van der Waals surface area contributed by atoms with Crippen LogP contribution >= 0.6 is 0 Å². The molecule has 10 nitrogen and oxygen atoms in total. The molecule has 1 heterocycles. The van der Waals surface area contributed by atoms with E-state index >= 15 is 0 Å². The van der Waals surface area contributed by atoms with E-state index in [-0.39, 0.29) is 72.1 Å². The lowest BCUT2D eigenvalue weighted by Gasteiger charge is -2.58. The Labute approximate surface area is 642 Å². The molecule has 594 valence electrons. The molecule has 0 spiro atoms. The molecule has 10 fully saturated rings. The topological polar surface area (TPSA) is 97.9 Å². The number of hydrogen-bond donors (Lipinski definition) is 0. The second-order valence-electron chi connectivity index (χ2n) is 42.4. The third-order valence-electron chi connectivity index (χ3n) is 35.3. The van der Waals surface area contributed by atoms with Crippen LogP contribution in [0.1, 0.15) is 316 Å². The van der Waals surface area contributed by atoms with Crippen molar-refractivity contribution >= 4 is 17.9 Å². The highest BCUT2D eigenvalue weighted by Crippen LogP contribution is 2.71. The number of nitrogens with zero attached hydrogens (tertiary/aromatic N) is 3. The van der Waals surface area contributed by atoms with Gasteiger partial charge in [0.1, 0.15) is 18.3 Å². The van der Waals surface area contributed by atoms with Gasteiger partial charge in [-0.25, -0.2) is 0 Å². The summed E-state index contributed by atoms with van der Waals surface area (Å²) >= 11 is 0. The molecule has 0 radical (unpaired) electrons. The maximum Gasteiger partial charge on any atom is 0.320 e. The maximum atomic E-state index is 14.6. The number of carbonyl (C=O) groups excluding carboxylic acids is 3. The number of carbonyl (C=O) groups is 3. The molecule has 0 aromatic heterocycles. The van der Waals surface area contributed by atoms with Crippen molar-refractivity contribution in [3.8, 4) is 0 Å². The van der Waals surface area contributed by atoms with Crippen LogP contribution in [-0.2, 0) is 33.3 Å². The summed E-state index contributed by atoms with van der Waals surface area (Å²) in [6, 6.07) is 0. The summed E-state index contributed by atoms with van der Waals surface area (Å²) in [5.41, 5.74) is 6.65. The highest BCUT2D eigenvalue weighted by Gasteiger charge is 2.63. The Morgan fingerprint density at radius 3 is 0.943 bits per heavy atom. The van der Waals surface area contributed by atoms with Crippen LogP contribution in [0.3, 0.4) is 0 Å². The fraction of sp³-hybridized carbons (Fsp3) is 0.905. The third kappa shape index (κ3) is 16.9. The average molecular weight is 1450 g/mol. The number of allylic oxidation sites excluding steroid dienone is 3. The zero-order chi connectivity index (χ0) is 74.4. The lowest BCUT2D eigenvalue weighted by molar-refractivity contribution is -0.155.